The molecule has 0 aliphatic heterocycles. The van der Waals surface area contributed by atoms with E-state index in [4.69, 9.17) is 0 Å². The molecule has 0 spiro atoms. The highest BCUT2D eigenvalue weighted by atomic mass is 79.9. The Balaban J connectivity index is 0.00000169. The van der Waals surface area contributed by atoms with E-state index in [2.05, 4.69) is 39.0 Å². The highest BCUT2D eigenvalue weighted by Gasteiger charge is 1.95. The maximum Gasteiger partial charge on any atom is -0.0266 e. The van der Waals surface area contributed by atoms with E-state index in [1.807, 2.05) is 0 Å². The number of rotatable bonds is 4. The summed E-state index contributed by atoms with van der Waals surface area (Å²) in [6.45, 7) is 6.62. The van der Waals surface area contributed by atoms with Crippen molar-refractivity contribution in [1.82, 2.24) is 0 Å². The smallest absolute Gasteiger partial charge is 0.0266 e. The molecule has 0 saturated heterocycles. The minimum Gasteiger partial charge on any atom is -0.114 e. The van der Waals surface area contributed by atoms with Gasteiger partial charge in [-0.2, -0.15) is 0 Å². The van der Waals surface area contributed by atoms with Crippen molar-refractivity contribution in [2.24, 2.45) is 0 Å². The van der Waals surface area contributed by atoms with Gasteiger partial charge in [-0.3, -0.25) is 0 Å². The fourth-order valence-corrected chi connectivity index (χ4v) is 2.96. The third-order valence-corrected chi connectivity index (χ3v) is 3.38. The van der Waals surface area contributed by atoms with Crippen molar-refractivity contribution in [1.29, 1.82) is 0 Å². The van der Waals surface area contributed by atoms with E-state index in [9.17, 15) is 0 Å². The van der Waals surface area contributed by atoms with Crippen LogP contribution < -0.4 is 5.30 Å². The first-order valence-electron chi connectivity index (χ1n) is 5.04. The van der Waals surface area contributed by atoms with Gasteiger partial charge in [0.15, 0.2) is 0 Å². The molecule has 0 amide bonds. The van der Waals surface area contributed by atoms with Gasteiger partial charge < -0.3 is 0 Å². The lowest BCUT2D eigenvalue weighted by Crippen LogP contribution is -1.97. The van der Waals surface area contributed by atoms with Crippen LogP contribution in [0.5, 0.6) is 0 Å². The van der Waals surface area contributed by atoms with E-state index in [1.54, 1.807) is 0 Å². The number of hydrogen-bond acceptors (Lipinski definition) is 0. The van der Waals surface area contributed by atoms with Gasteiger partial charge in [-0.15, -0.1) is 17.0 Å². The first-order valence-corrected chi connectivity index (χ1v) is 6.25. The molecule has 0 aliphatic carbocycles. The minimum atomic E-state index is 0. The fourth-order valence-electron chi connectivity index (χ4n) is 1.49. The van der Waals surface area contributed by atoms with Crippen LogP contribution in [0.4, 0.5) is 0 Å². The molecule has 2 heteroatoms. The second kappa shape index (κ2) is 7.43. The Morgan fingerprint density at radius 1 is 1.07 bits per heavy atom. The van der Waals surface area contributed by atoms with Crippen molar-refractivity contribution in [3.63, 3.8) is 0 Å². The predicted octanol–water partition coefficient (Wildman–Crippen LogP) is 3.99. The largest absolute Gasteiger partial charge is 0.114 e. The SMILES string of the molecule is Br.CCCCPc1cc(C)cc(C)c1. The molecule has 1 aromatic carbocycles. The Morgan fingerprint density at radius 3 is 2.14 bits per heavy atom. The third kappa shape index (κ3) is 5.12. The van der Waals surface area contributed by atoms with Crippen molar-refractivity contribution < 1.29 is 0 Å². The quantitative estimate of drug-likeness (QED) is 0.576. The number of benzene rings is 1. The first kappa shape index (κ1) is 14.1. The van der Waals surface area contributed by atoms with Crippen molar-refractivity contribution in [2.45, 2.75) is 33.6 Å². The van der Waals surface area contributed by atoms with Crippen LogP contribution in [0, 0.1) is 13.8 Å². The number of hydrogen-bond donors (Lipinski definition) is 0. The number of aryl methyl sites for hydroxylation is 2. The van der Waals surface area contributed by atoms with Gasteiger partial charge in [0.05, 0.1) is 0 Å². The monoisotopic (exact) mass is 274 g/mol. The maximum absolute atomic E-state index is 2.32. The topological polar surface area (TPSA) is 0 Å². The highest BCUT2D eigenvalue weighted by Crippen LogP contribution is 2.14. The van der Waals surface area contributed by atoms with Crippen molar-refractivity contribution in [3.8, 4) is 0 Å². The van der Waals surface area contributed by atoms with Crippen molar-refractivity contribution in [3.05, 3.63) is 29.3 Å². The number of halogens is 1. The van der Waals surface area contributed by atoms with Crippen molar-refractivity contribution in [2.75, 3.05) is 6.16 Å². The molecule has 0 radical (unpaired) electrons. The second-order valence-corrected chi connectivity index (χ2v) is 5.09. The summed E-state index contributed by atoms with van der Waals surface area (Å²) >= 11 is 0. The van der Waals surface area contributed by atoms with Crippen LogP contribution in [-0.4, -0.2) is 6.16 Å². The summed E-state index contributed by atoms with van der Waals surface area (Å²) in [6, 6.07) is 6.88. The number of unbranched alkanes of at least 4 members (excludes halogenated alkanes) is 1. The van der Waals surface area contributed by atoms with E-state index in [1.165, 1.54) is 35.4 Å². The van der Waals surface area contributed by atoms with E-state index in [-0.39, 0.29) is 17.0 Å². The van der Waals surface area contributed by atoms with Gasteiger partial charge in [0.25, 0.3) is 0 Å². The lowest BCUT2D eigenvalue weighted by atomic mass is 10.2. The van der Waals surface area contributed by atoms with Gasteiger partial charge in [0.2, 0.25) is 0 Å². The summed E-state index contributed by atoms with van der Waals surface area (Å²) in [5, 5.41) is 1.53. The molecular weight excluding hydrogens is 255 g/mol. The summed E-state index contributed by atoms with van der Waals surface area (Å²) in [4.78, 5) is 0. The van der Waals surface area contributed by atoms with Crippen molar-refractivity contribution >= 4 is 30.9 Å². The van der Waals surface area contributed by atoms with E-state index in [0.29, 0.717) is 0 Å². The molecule has 0 saturated carbocycles. The molecule has 1 rings (SSSR count). The molecule has 0 N–H and O–H groups in total. The molecule has 0 bridgehead atoms. The Hall–Kier alpha value is 0.130. The fraction of sp³-hybridized carbons (Fsp3) is 0.500. The van der Waals surface area contributed by atoms with Gasteiger partial charge in [-0.05, 0) is 31.7 Å². The summed E-state index contributed by atoms with van der Waals surface area (Å²) in [5.74, 6) is 0. The zero-order chi connectivity index (χ0) is 9.68. The van der Waals surface area contributed by atoms with Gasteiger partial charge in [-0.1, -0.05) is 51.3 Å². The Labute approximate surface area is 100 Å². The molecule has 0 aromatic heterocycles. The molecule has 0 aliphatic rings. The molecule has 14 heavy (non-hydrogen) atoms. The Kier molecular flexibility index (Phi) is 7.49. The zero-order valence-corrected chi connectivity index (χ0v) is 12.0. The summed E-state index contributed by atoms with van der Waals surface area (Å²) < 4.78 is 0. The molecule has 80 valence electrons. The van der Waals surface area contributed by atoms with Crippen LogP contribution in [0.3, 0.4) is 0 Å². The molecule has 0 nitrogen and oxygen atoms in total. The van der Waals surface area contributed by atoms with Crippen LogP contribution in [0.2, 0.25) is 0 Å². The van der Waals surface area contributed by atoms with E-state index < -0.39 is 0 Å². The molecule has 0 heterocycles. The molecule has 0 fully saturated rings. The lowest BCUT2D eigenvalue weighted by molar-refractivity contribution is 0.895. The molecular formula is C12H20BrP. The van der Waals surface area contributed by atoms with Crippen LogP contribution in [0.1, 0.15) is 30.9 Å². The average molecular weight is 275 g/mol. The molecule has 1 unspecified atom stereocenters. The predicted molar refractivity (Wildman–Crippen MR) is 74.0 cm³/mol. The standard InChI is InChI=1S/C12H19P.BrH/c1-4-5-6-13-12-8-10(2)7-11(3)9-12;/h7-9,13H,4-6H2,1-3H3;1H. The van der Waals surface area contributed by atoms with Gasteiger partial charge in [0.1, 0.15) is 0 Å². The molecule has 1 aromatic rings. The normalized spacial score (nSPS) is 10.5. The highest BCUT2D eigenvalue weighted by molar-refractivity contribution is 8.93. The van der Waals surface area contributed by atoms with Gasteiger partial charge in [-0.25, -0.2) is 0 Å². The summed E-state index contributed by atoms with van der Waals surface area (Å²) in [5.41, 5.74) is 2.80. The summed E-state index contributed by atoms with van der Waals surface area (Å²) in [7, 11) is 1.00. The third-order valence-electron chi connectivity index (χ3n) is 2.08. The van der Waals surface area contributed by atoms with Crippen LogP contribution >= 0.6 is 25.6 Å². The first-order chi connectivity index (χ1) is 6.22. The van der Waals surface area contributed by atoms with Gasteiger partial charge in [0, 0.05) is 0 Å². The van der Waals surface area contributed by atoms with E-state index >= 15 is 0 Å². The Bertz CT molecular complexity index is 251. The summed E-state index contributed by atoms with van der Waals surface area (Å²) in [6.07, 6.45) is 4.04. The van der Waals surface area contributed by atoms with Crippen LogP contribution in [-0.2, 0) is 0 Å². The van der Waals surface area contributed by atoms with Gasteiger partial charge >= 0.3 is 0 Å². The van der Waals surface area contributed by atoms with Crippen LogP contribution in [0.25, 0.3) is 0 Å². The second-order valence-electron chi connectivity index (χ2n) is 3.66. The van der Waals surface area contributed by atoms with E-state index in [0.717, 1.165) is 8.58 Å². The molecule has 1 atom stereocenters. The van der Waals surface area contributed by atoms with Crippen LogP contribution in [0.15, 0.2) is 18.2 Å². The average Bonchev–Trinajstić information content (AvgIpc) is 2.03. The maximum atomic E-state index is 2.32. The minimum absolute atomic E-state index is 0. The Morgan fingerprint density at radius 2 is 1.64 bits per heavy atom. The lowest BCUT2D eigenvalue weighted by Gasteiger charge is -2.04. The zero-order valence-electron chi connectivity index (χ0n) is 9.26.